The number of carbonyl (C=O) groups is 2. The first kappa shape index (κ1) is 14.0. The minimum absolute atomic E-state index is 0.000427. The van der Waals surface area contributed by atoms with E-state index in [1.165, 1.54) is 0 Å². The summed E-state index contributed by atoms with van der Waals surface area (Å²) in [6.45, 7) is 0.499. The van der Waals surface area contributed by atoms with Gasteiger partial charge < -0.3 is 5.32 Å². The van der Waals surface area contributed by atoms with Crippen LogP contribution < -0.4 is 5.32 Å². The third-order valence-corrected chi connectivity index (χ3v) is 3.01. The van der Waals surface area contributed by atoms with E-state index in [0.29, 0.717) is 12.1 Å². The van der Waals surface area contributed by atoms with E-state index < -0.39 is 0 Å². The van der Waals surface area contributed by atoms with E-state index in [1.54, 1.807) is 12.1 Å². The molecule has 102 valence electrons. The first-order valence-corrected chi connectivity index (χ1v) is 6.64. The average Bonchev–Trinajstić information content (AvgIpc) is 2.52. The van der Waals surface area contributed by atoms with Gasteiger partial charge in [0.05, 0.1) is 0 Å². The van der Waals surface area contributed by atoms with Crippen molar-refractivity contribution in [1.82, 2.24) is 5.32 Å². The quantitative estimate of drug-likeness (QED) is 0.818. The highest BCUT2D eigenvalue weighted by molar-refractivity contribution is 5.97. The van der Waals surface area contributed by atoms with Crippen LogP contribution >= 0.6 is 0 Å². The fourth-order valence-corrected chi connectivity index (χ4v) is 1.88. The van der Waals surface area contributed by atoms with E-state index >= 15 is 0 Å². The summed E-state index contributed by atoms with van der Waals surface area (Å²) in [5, 5.41) is 2.81. The molecule has 1 amide bonds. The molecular weight excluding hydrogens is 250 g/mol. The lowest BCUT2D eigenvalue weighted by atomic mass is 10.1. The molecule has 1 N–H and O–H groups in total. The van der Waals surface area contributed by atoms with Crippen molar-refractivity contribution in [2.45, 2.75) is 19.4 Å². The molecule has 0 aromatic heterocycles. The summed E-state index contributed by atoms with van der Waals surface area (Å²) in [6.07, 6.45) is 0.463. The molecule has 20 heavy (non-hydrogen) atoms. The standard InChI is InChI=1S/C17H17NO2/c19-16(15-9-5-2-6-10-15)11-12-17(20)18-13-14-7-3-1-4-8-14/h1-10H,11-13H2,(H,18,20). The van der Waals surface area contributed by atoms with Gasteiger partial charge in [-0.1, -0.05) is 60.7 Å². The molecule has 0 aliphatic carbocycles. The van der Waals surface area contributed by atoms with Crippen molar-refractivity contribution >= 4 is 11.7 Å². The zero-order chi connectivity index (χ0) is 14.2. The highest BCUT2D eigenvalue weighted by Crippen LogP contribution is 2.05. The number of ketones is 1. The third-order valence-electron chi connectivity index (χ3n) is 3.01. The van der Waals surface area contributed by atoms with Gasteiger partial charge in [-0.15, -0.1) is 0 Å². The normalized spacial score (nSPS) is 10.0. The average molecular weight is 267 g/mol. The lowest BCUT2D eigenvalue weighted by Gasteiger charge is -2.05. The second-order valence-corrected chi connectivity index (χ2v) is 4.55. The number of nitrogens with one attached hydrogen (secondary N) is 1. The van der Waals surface area contributed by atoms with Crippen LogP contribution in [0.3, 0.4) is 0 Å². The summed E-state index contributed by atoms with van der Waals surface area (Å²) in [5.41, 5.74) is 1.71. The van der Waals surface area contributed by atoms with Crippen LogP contribution in [0.25, 0.3) is 0 Å². The molecule has 0 atom stereocenters. The maximum absolute atomic E-state index is 11.8. The molecule has 0 fully saturated rings. The Hall–Kier alpha value is -2.42. The summed E-state index contributed by atoms with van der Waals surface area (Å²) < 4.78 is 0. The van der Waals surface area contributed by atoms with Gasteiger partial charge in [-0.2, -0.15) is 0 Å². The number of Topliss-reactive ketones (excluding diaryl/α,β-unsaturated/α-hetero) is 1. The van der Waals surface area contributed by atoms with E-state index in [-0.39, 0.29) is 24.5 Å². The van der Waals surface area contributed by atoms with Gasteiger partial charge in [0.15, 0.2) is 5.78 Å². The number of carbonyl (C=O) groups excluding carboxylic acids is 2. The highest BCUT2D eigenvalue weighted by Gasteiger charge is 2.08. The van der Waals surface area contributed by atoms with Crippen molar-refractivity contribution in [3.63, 3.8) is 0 Å². The summed E-state index contributed by atoms with van der Waals surface area (Å²) in [7, 11) is 0. The molecule has 0 aliphatic rings. The van der Waals surface area contributed by atoms with Crippen LogP contribution in [0.1, 0.15) is 28.8 Å². The molecule has 0 aliphatic heterocycles. The van der Waals surface area contributed by atoms with E-state index in [1.807, 2.05) is 48.5 Å². The lowest BCUT2D eigenvalue weighted by molar-refractivity contribution is -0.121. The highest BCUT2D eigenvalue weighted by atomic mass is 16.2. The molecule has 2 aromatic rings. The summed E-state index contributed by atoms with van der Waals surface area (Å²) in [4.78, 5) is 23.5. The van der Waals surface area contributed by atoms with Crippen molar-refractivity contribution in [3.8, 4) is 0 Å². The Bertz CT molecular complexity index is 564. The second-order valence-electron chi connectivity index (χ2n) is 4.55. The van der Waals surface area contributed by atoms with Gasteiger partial charge in [0.1, 0.15) is 0 Å². The predicted octanol–water partition coefficient (Wildman–Crippen LogP) is 2.97. The summed E-state index contributed by atoms with van der Waals surface area (Å²) in [5.74, 6) is -0.0985. The summed E-state index contributed by atoms with van der Waals surface area (Å²) in [6, 6.07) is 18.7. The topological polar surface area (TPSA) is 46.2 Å². The number of amides is 1. The Morgan fingerprint density at radius 3 is 2.05 bits per heavy atom. The predicted molar refractivity (Wildman–Crippen MR) is 78.3 cm³/mol. The molecule has 2 rings (SSSR count). The molecule has 0 heterocycles. The SMILES string of the molecule is O=C(CCC(=O)c1ccccc1)NCc1ccccc1. The van der Waals surface area contributed by atoms with Gasteiger partial charge in [0, 0.05) is 24.9 Å². The summed E-state index contributed by atoms with van der Waals surface area (Å²) >= 11 is 0. The molecule has 0 bridgehead atoms. The molecule has 2 aromatic carbocycles. The Balaban J connectivity index is 1.74. The minimum atomic E-state index is -0.0989. The van der Waals surface area contributed by atoms with Gasteiger partial charge in [-0.3, -0.25) is 9.59 Å². The molecule has 0 unspecified atom stereocenters. The molecule has 0 spiro atoms. The monoisotopic (exact) mass is 267 g/mol. The molecule has 3 nitrogen and oxygen atoms in total. The fraction of sp³-hybridized carbons (Fsp3) is 0.176. The van der Waals surface area contributed by atoms with Crippen molar-refractivity contribution < 1.29 is 9.59 Å². The van der Waals surface area contributed by atoms with Gasteiger partial charge in [-0.05, 0) is 5.56 Å². The van der Waals surface area contributed by atoms with Crippen molar-refractivity contribution in [3.05, 3.63) is 71.8 Å². The number of hydrogen-bond donors (Lipinski definition) is 1. The Morgan fingerprint density at radius 2 is 1.40 bits per heavy atom. The van der Waals surface area contributed by atoms with Crippen molar-refractivity contribution in [2.24, 2.45) is 0 Å². The second kappa shape index (κ2) is 7.24. The first-order chi connectivity index (χ1) is 9.75. The molecule has 0 saturated carbocycles. The van der Waals surface area contributed by atoms with E-state index in [4.69, 9.17) is 0 Å². The number of benzene rings is 2. The minimum Gasteiger partial charge on any atom is -0.352 e. The maximum atomic E-state index is 11.8. The largest absolute Gasteiger partial charge is 0.352 e. The van der Waals surface area contributed by atoms with Gasteiger partial charge in [-0.25, -0.2) is 0 Å². The molecule has 3 heteroatoms. The van der Waals surface area contributed by atoms with Crippen LogP contribution in [0.15, 0.2) is 60.7 Å². The van der Waals surface area contributed by atoms with E-state index in [0.717, 1.165) is 5.56 Å². The van der Waals surface area contributed by atoms with E-state index in [9.17, 15) is 9.59 Å². The fourth-order valence-electron chi connectivity index (χ4n) is 1.88. The Labute approximate surface area is 118 Å². The third kappa shape index (κ3) is 4.35. The van der Waals surface area contributed by atoms with Crippen LogP contribution in [-0.4, -0.2) is 11.7 Å². The van der Waals surface area contributed by atoms with E-state index in [2.05, 4.69) is 5.32 Å². The van der Waals surface area contributed by atoms with Crippen molar-refractivity contribution in [1.29, 1.82) is 0 Å². The van der Waals surface area contributed by atoms with Crippen LogP contribution in [0, 0.1) is 0 Å². The smallest absolute Gasteiger partial charge is 0.220 e. The zero-order valence-electron chi connectivity index (χ0n) is 11.2. The maximum Gasteiger partial charge on any atom is 0.220 e. The van der Waals surface area contributed by atoms with Crippen LogP contribution in [-0.2, 0) is 11.3 Å². The van der Waals surface area contributed by atoms with Gasteiger partial charge in [0.2, 0.25) is 5.91 Å². The van der Waals surface area contributed by atoms with Crippen molar-refractivity contribution in [2.75, 3.05) is 0 Å². The van der Waals surface area contributed by atoms with Crippen LogP contribution in [0.4, 0.5) is 0 Å². The first-order valence-electron chi connectivity index (χ1n) is 6.64. The molecule has 0 saturated heterocycles. The number of rotatable bonds is 6. The number of hydrogen-bond acceptors (Lipinski definition) is 2. The molecule has 0 radical (unpaired) electrons. The molecular formula is C17H17NO2. The Kier molecular flexibility index (Phi) is 5.07. The van der Waals surface area contributed by atoms with Gasteiger partial charge in [0.25, 0.3) is 0 Å². The van der Waals surface area contributed by atoms with Crippen LogP contribution in [0.2, 0.25) is 0 Å². The van der Waals surface area contributed by atoms with Crippen LogP contribution in [0.5, 0.6) is 0 Å². The lowest BCUT2D eigenvalue weighted by Crippen LogP contribution is -2.23. The van der Waals surface area contributed by atoms with Gasteiger partial charge >= 0.3 is 0 Å². The zero-order valence-corrected chi connectivity index (χ0v) is 11.2. The Morgan fingerprint density at radius 1 is 0.800 bits per heavy atom.